The Labute approximate surface area is 136 Å². The zero-order valence-corrected chi connectivity index (χ0v) is 13.5. The van der Waals surface area contributed by atoms with Crippen LogP contribution in [0.3, 0.4) is 0 Å². The van der Waals surface area contributed by atoms with Crippen LogP contribution < -0.4 is 5.32 Å². The van der Waals surface area contributed by atoms with Crippen molar-refractivity contribution in [3.05, 3.63) is 51.8 Å². The topological polar surface area (TPSA) is 68.0 Å². The van der Waals surface area contributed by atoms with Gasteiger partial charge in [0, 0.05) is 6.20 Å². The summed E-state index contributed by atoms with van der Waals surface area (Å²) in [7, 11) is 0. The quantitative estimate of drug-likeness (QED) is 0.775. The SMILES string of the molecule is Cc1ccc(-c2nc(C)c(C(=O)Nc3ccc(Cl)cn3)s2)o1. The van der Waals surface area contributed by atoms with E-state index in [0.29, 0.717) is 32.2 Å². The van der Waals surface area contributed by atoms with E-state index in [9.17, 15) is 4.79 Å². The molecule has 3 rings (SSSR count). The molecule has 112 valence electrons. The second-order valence-corrected chi connectivity index (χ2v) is 6.10. The van der Waals surface area contributed by atoms with Gasteiger partial charge < -0.3 is 9.73 Å². The van der Waals surface area contributed by atoms with Gasteiger partial charge in [-0.15, -0.1) is 11.3 Å². The molecule has 0 bridgehead atoms. The molecule has 0 aliphatic heterocycles. The fourth-order valence-electron chi connectivity index (χ4n) is 1.88. The summed E-state index contributed by atoms with van der Waals surface area (Å²) in [6, 6.07) is 7.02. The van der Waals surface area contributed by atoms with Gasteiger partial charge in [0.25, 0.3) is 5.91 Å². The highest BCUT2D eigenvalue weighted by Gasteiger charge is 2.18. The Morgan fingerprint density at radius 3 is 2.73 bits per heavy atom. The number of aryl methyl sites for hydroxylation is 2. The first-order valence-corrected chi connectivity index (χ1v) is 7.69. The lowest BCUT2D eigenvalue weighted by Crippen LogP contribution is -2.12. The van der Waals surface area contributed by atoms with Crippen LogP contribution in [0.1, 0.15) is 21.1 Å². The Bertz CT molecular complexity index is 824. The fraction of sp³-hybridized carbons (Fsp3) is 0.133. The van der Waals surface area contributed by atoms with E-state index >= 15 is 0 Å². The predicted octanol–water partition coefficient (Wildman–Crippen LogP) is 4.32. The van der Waals surface area contributed by atoms with Crippen molar-refractivity contribution in [2.75, 3.05) is 5.32 Å². The lowest BCUT2D eigenvalue weighted by atomic mass is 10.3. The molecule has 0 fully saturated rings. The maximum atomic E-state index is 12.3. The number of rotatable bonds is 3. The Morgan fingerprint density at radius 2 is 2.09 bits per heavy atom. The summed E-state index contributed by atoms with van der Waals surface area (Å²) in [5.41, 5.74) is 0.653. The molecule has 22 heavy (non-hydrogen) atoms. The number of hydrogen-bond acceptors (Lipinski definition) is 5. The molecular formula is C15H12ClN3O2S. The number of amides is 1. The van der Waals surface area contributed by atoms with Crippen LogP contribution in [0.4, 0.5) is 5.82 Å². The highest BCUT2D eigenvalue weighted by atomic mass is 35.5. The average molecular weight is 334 g/mol. The molecule has 3 aromatic rings. The molecule has 0 unspecified atom stereocenters. The van der Waals surface area contributed by atoms with Crippen molar-refractivity contribution in [2.24, 2.45) is 0 Å². The molecule has 0 saturated carbocycles. The van der Waals surface area contributed by atoms with Crippen LogP contribution >= 0.6 is 22.9 Å². The van der Waals surface area contributed by atoms with Gasteiger partial charge in [0.15, 0.2) is 10.8 Å². The molecule has 1 amide bonds. The summed E-state index contributed by atoms with van der Waals surface area (Å²) in [4.78, 5) is 21.3. The summed E-state index contributed by atoms with van der Waals surface area (Å²) < 4.78 is 5.54. The molecule has 0 spiro atoms. The third kappa shape index (κ3) is 3.03. The van der Waals surface area contributed by atoms with E-state index in [1.807, 2.05) is 19.1 Å². The molecule has 0 aromatic carbocycles. The molecule has 0 aliphatic rings. The van der Waals surface area contributed by atoms with Gasteiger partial charge in [-0.25, -0.2) is 9.97 Å². The number of furan rings is 1. The molecule has 5 nitrogen and oxygen atoms in total. The molecule has 0 radical (unpaired) electrons. The molecule has 0 saturated heterocycles. The minimum Gasteiger partial charge on any atom is -0.459 e. The molecular weight excluding hydrogens is 322 g/mol. The van der Waals surface area contributed by atoms with Crippen LogP contribution in [0.15, 0.2) is 34.9 Å². The lowest BCUT2D eigenvalue weighted by Gasteiger charge is -2.02. The number of nitrogens with one attached hydrogen (secondary N) is 1. The van der Waals surface area contributed by atoms with E-state index in [-0.39, 0.29) is 5.91 Å². The van der Waals surface area contributed by atoms with Gasteiger partial charge in [0.1, 0.15) is 16.5 Å². The monoisotopic (exact) mass is 333 g/mol. The van der Waals surface area contributed by atoms with Gasteiger partial charge in [-0.2, -0.15) is 0 Å². The maximum absolute atomic E-state index is 12.3. The number of anilines is 1. The van der Waals surface area contributed by atoms with Crippen LogP contribution in [0.5, 0.6) is 0 Å². The van der Waals surface area contributed by atoms with Crippen LogP contribution in [-0.4, -0.2) is 15.9 Å². The van der Waals surface area contributed by atoms with Crippen molar-refractivity contribution in [1.82, 2.24) is 9.97 Å². The van der Waals surface area contributed by atoms with Crippen LogP contribution in [0, 0.1) is 13.8 Å². The number of nitrogens with zero attached hydrogens (tertiary/aromatic N) is 2. The Balaban J connectivity index is 1.83. The third-order valence-corrected chi connectivity index (χ3v) is 4.32. The normalized spacial score (nSPS) is 10.7. The standard InChI is InChI=1S/C15H12ClN3O2S/c1-8-3-5-11(21-8)15-18-9(2)13(22-15)14(20)19-12-6-4-10(16)7-17-12/h3-7H,1-2H3,(H,17,19,20). The molecule has 3 aromatic heterocycles. The lowest BCUT2D eigenvalue weighted by molar-refractivity contribution is 0.102. The fourth-order valence-corrected chi connectivity index (χ4v) is 2.92. The summed E-state index contributed by atoms with van der Waals surface area (Å²) >= 11 is 7.06. The molecule has 1 N–H and O–H groups in total. The van der Waals surface area contributed by atoms with Gasteiger partial charge in [0.2, 0.25) is 0 Å². The van der Waals surface area contributed by atoms with E-state index in [0.717, 1.165) is 5.76 Å². The van der Waals surface area contributed by atoms with E-state index in [1.54, 1.807) is 19.1 Å². The van der Waals surface area contributed by atoms with Crippen LogP contribution in [0.2, 0.25) is 5.02 Å². The van der Waals surface area contributed by atoms with E-state index in [2.05, 4.69) is 15.3 Å². The smallest absolute Gasteiger partial charge is 0.268 e. The van der Waals surface area contributed by atoms with Crippen molar-refractivity contribution in [3.63, 3.8) is 0 Å². The third-order valence-electron chi connectivity index (χ3n) is 2.92. The summed E-state index contributed by atoms with van der Waals surface area (Å²) in [6.07, 6.45) is 1.48. The van der Waals surface area contributed by atoms with Crippen molar-refractivity contribution >= 4 is 34.7 Å². The average Bonchev–Trinajstić information content (AvgIpc) is 3.07. The largest absolute Gasteiger partial charge is 0.459 e. The highest BCUT2D eigenvalue weighted by Crippen LogP contribution is 2.29. The number of pyridine rings is 1. The summed E-state index contributed by atoms with van der Waals surface area (Å²) in [5.74, 6) is 1.66. The number of halogens is 1. The zero-order chi connectivity index (χ0) is 15.7. The number of hydrogen-bond donors (Lipinski definition) is 1. The molecule has 7 heteroatoms. The number of thiazole rings is 1. The van der Waals surface area contributed by atoms with Crippen molar-refractivity contribution in [2.45, 2.75) is 13.8 Å². The van der Waals surface area contributed by atoms with E-state index < -0.39 is 0 Å². The maximum Gasteiger partial charge on any atom is 0.268 e. The first-order chi connectivity index (χ1) is 10.5. The second kappa shape index (κ2) is 5.90. The Morgan fingerprint density at radius 1 is 1.27 bits per heavy atom. The molecule has 0 aliphatic carbocycles. The molecule has 3 heterocycles. The Kier molecular flexibility index (Phi) is 3.96. The number of carbonyl (C=O) groups excluding carboxylic acids is 1. The number of carbonyl (C=O) groups is 1. The van der Waals surface area contributed by atoms with Crippen molar-refractivity contribution in [1.29, 1.82) is 0 Å². The zero-order valence-electron chi connectivity index (χ0n) is 11.9. The van der Waals surface area contributed by atoms with Crippen LogP contribution in [-0.2, 0) is 0 Å². The first kappa shape index (κ1) is 14.7. The minimum absolute atomic E-state index is 0.251. The van der Waals surface area contributed by atoms with E-state index in [4.69, 9.17) is 16.0 Å². The van der Waals surface area contributed by atoms with Gasteiger partial charge in [-0.1, -0.05) is 11.6 Å². The van der Waals surface area contributed by atoms with E-state index in [1.165, 1.54) is 17.5 Å². The summed E-state index contributed by atoms with van der Waals surface area (Å²) in [6.45, 7) is 3.66. The highest BCUT2D eigenvalue weighted by molar-refractivity contribution is 7.17. The van der Waals surface area contributed by atoms with Gasteiger partial charge in [0.05, 0.1) is 10.7 Å². The van der Waals surface area contributed by atoms with Gasteiger partial charge in [-0.05, 0) is 38.1 Å². The second-order valence-electron chi connectivity index (χ2n) is 4.66. The minimum atomic E-state index is -0.251. The van der Waals surface area contributed by atoms with Crippen LogP contribution in [0.25, 0.3) is 10.8 Å². The van der Waals surface area contributed by atoms with Gasteiger partial charge >= 0.3 is 0 Å². The first-order valence-electron chi connectivity index (χ1n) is 6.50. The number of aromatic nitrogens is 2. The van der Waals surface area contributed by atoms with Gasteiger partial charge in [-0.3, -0.25) is 4.79 Å². The molecule has 0 atom stereocenters. The predicted molar refractivity (Wildman–Crippen MR) is 86.5 cm³/mol. The van der Waals surface area contributed by atoms with Crippen molar-refractivity contribution in [3.8, 4) is 10.8 Å². The van der Waals surface area contributed by atoms with Crippen molar-refractivity contribution < 1.29 is 9.21 Å². The Hall–Kier alpha value is -2.18. The summed E-state index contributed by atoms with van der Waals surface area (Å²) in [5, 5.41) is 3.92.